The fourth-order valence-corrected chi connectivity index (χ4v) is 7.65. The van der Waals surface area contributed by atoms with Gasteiger partial charge < -0.3 is 24.5 Å². The van der Waals surface area contributed by atoms with E-state index in [1.54, 1.807) is 32.9 Å². The second kappa shape index (κ2) is 11.7. The van der Waals surface area contributed by atoms with Gasteiger partial charge in [-0.25, -0.2) is 0 Å². The van der Waals surface area contributed by atoms with E-state index in [-0.39, 0.29) is 43.3 Å². The highest BCUT2D eigenvalue weighted by Gasteiger charge is 2.80. The number of likely N-dealkylation sites (tertiary alicyclic amines) is 1. The lowest BCUT2D eigenvalue weighted by Gasteiger charge is -2.39. The molecule has 1 spiro atoms. The van der Waals surface area contributed by atoms with Crippen molar-refractivity contribution in [3.05, 3.63) is 54.1 Å². The van der Waals surface area contributed by atoms with Gasteiger partial charge in [-0.3, -0.25) is 14.4 Å². The normalized spacial score (nSPS) is 30.4. The topological polar surface area (TPSA) is 90.4 Å². The molecule has 1 aromatic carbocycles. The van der Waals surface area contributed by atoms with Gasteiger partial charge in [0.25, 0.3) is 5.91 Å². The molecule has 1 N–H and O–H groups in total. The minimum atomic E-state index is -1.18. The Hall–Kier alpha value is -2.68. The summed E-state index contributed by atoms with van der Waals surface area (Å²) in [5, 5.41) is 10.1. The molecule has 0 aromatic heterocycles. The van der Waals surface area contributed by atoms with Crippen LogP contribution in [0.2, 0.25) is 5.02 Å². The van der Waals surface area contributed by atoms with Crippen LogP contribution in [-0.2, 0) is 19.1 Å². The molecule has 3 fully saturated rings. The molecular weight excluding hydrogens is 530 g/mol. The zero-order valence-corrected chi connectivity index (χ0v) is 24.8. The SMILES string of the molecule is C=CCN(CCC)C(=O)[C@@H]1[C@H]2C(=O)N(CCCO)C(C(=O)N(CC=C)c3c(C)cccc3Cl)C23CC(C)[C@@]1(C)O3. The summed E-state index contributed by atoms with van der Waals surface area (Å²) in [5.41, 5.74) is -0.718. The lowest BCUT2D eigenvalue weighted by molar-refractivity contribution is -0.151. The highest BCUT2D eigenvalue weighted by Crippen LogP contribution is 2.65. The van der Waals surface area contributed by atoms with Crippen LogP contribution >= 0.6 is 11.6 Å². The van der Waals surface area contributed by atoms with E-state index in [4.69, 9.17) is 16.3 Å². The van der Waals surface area contributed by atoms with Crippen molar-refractivity contribution in [3.63, 3.8) is 0 Å². The molecule has 0 aliphatic carbocycles. The summed E-state index contributed by atoms with van der Waals surface area (Å²) < 4.78 is 6.86. The number of amides is 3. The third-order valence-electron chi connectivity index (χ3n) is 9.06. The molecule has 218 valence electrons. The van der Waals surface area contributed by atoms with Crippen LogP contribution in [0.25, 0.3) is 0 Å². The molecular formula is C31H42ClN3O5. The first-order valence-electron chi connectivity index (χ1n) is 14.2. The summed E-state index contributed by atoms with van der Waals surface area (Å²) in [4.78, 5) is 48.0. The van der Waals surface area contributed by atoms with E-state index < -0.39 is 29.1 Å². The Kier molecular flexibility index (Phi) is 8.83. The van der Waals surface area contributed by atoms with E-state index in [1.807, 2.05) is 39.8 Å². The number of aliphatic hydroxyl groups excluding tert-OH is 1. The van der Waals surface area contributed by atoms with Gasteiger partial charge in [0, 0.05) is 32.8 Å². The van der Waals surface area contributed by atoms with Gasteiger partial charge in [-0.2, -0.15) is 0 Å². The first kappa shape index (κ1) is 30.3. The summed E-state index contributed by atoms with van der Waals surface area (Å²) >= 11 is 6.62. The van der Waals surface area contributed by atoms with Crippen molar-refractivity contribution in [2.75, 3.05) is 37.7 Å². The largest absolute Gasteiger partial charge is 0.396 e. The van der Waals surface area contributed by atoms with Crippen LogP contribution in [0.1, 0.15) is 45.6 Å². The van der Waals surface area contributed by atoms with Gasteiger partial charge in [0.05, 0.1) is 28.1 Å². The molecule has 3 aliphatic heterocycles. The monoisotopic (exact) mass is 571 g/mol. The van der Waals surface area contributed by atoms with Gasteiger partial charge in [-0.15, -0.1) is 13.2 Å². The number of para-hydroxylation sites is 1. The number of fused-ring (bicyclic) bond motifs is 1. The molecule has 3 saturated heterocycles. The van der Waals surface area contributed by atoms with Crippen molar-refractivity contribution >= 4 is 35.0 Å². The number of aliphatic hydroxyl groups is 1. The van der Waals surface area contributed by atoms with E-state index in [2.05, 4.69) is 13.2 Å². The van der Waals surface area contributed by atoms with E-state index in [0.717, 1.165) is 12.0 Å². The third-order valence-corrected chi connectivity index (χ3v) is 9.37. The average Bonchev–Trinajstić information content (AvgIpc) is 3.42. The predicted octanol–water partition coefficient (Wildman–Crippen LogP) is 3.99. The Morgan fingerprint density at radius 3 is 2.55 bits per heavy atom. The molecule has 4 rings (SSSR count). The number of anilines is 1. The number of ether oxygens (including phenoxy) is 1. The zero-order chi connectivity index (χ0) is 29.4. The van der Waals surface area contributed by atoms with Crippen molar-refractivity contribution in [1.82, 2.24) is 9.80 Å². The molecule has 1 aromatic rings. The molecule has 9 heteroatoms. The standard InChI is InChI=1S/C31H42ClN3O5/c1-7-14-33(15-8-2)27(37)23-24-28(38)35(17-11-18-36)26(31(24)19-21(5)30(23,6)40-31)29(39)34(16-9-3)25-20(4)12-10-13-22(25)32/h7,9-10,12-13,21,23-24,26,36H,1,3,8,11,14-19H2,2,4-6H3/t21?,23-,24-,26?,30+,31?/m0/s1. The number of hydrogen-bond acceptors (Lipinski definition) is 5. The maximum Gasteiger partial charge on any atom is 0.253 e. The van der Waals surface area contributed by atoms with Crippen molar-refractivity contribution in [3.8, 4) is 0 Å². The van der Waals surface area contributed by atoms with Crippen LogP contribution in [-0.4, -0.2) is 82.7 Å². The number of aryl methyl sites for hydroxylation is 1. The van der Waals surface area contributed by atoms with Gasteiger partial charge in [-0.1, -0.05) is 49.7 Å². The predicted molar refractivity (Wildman–Crippen MR) is 156 cm³/mol. The number of nitrogens with zero attached hydrogens (tertiary/aromatic N) is 3. The van der Waals surface area contributed by atoms with E-state index >= 15 is 0 Å². The molecule has 3 unspecified atom stereocenters. The fraction of sp³-hybridized carbons (Fsp3) is 0.581. The van der Waals surface area contributed by atoms with Crippen LogP contribution in [0.4, 0.5) is 5.69 Å². The molecule has 3 heterocycles. The van der Waals surface area contributed by atoms with Crippen LogP contribution in [0.5, 0.6) is 0 Å². The Labute approximate surface area is 242 Å². The first-order valence-corrected chi connectivity index (χ1v) is 14.6. The van der Waals surface area contributed by atoms with E-state index in [9.17, 15) is 19.5 Å². The molecule has 2 bridgehead atoms. The van der Waals surface area contributed by atoms with Gasteiger partial charge in [0.1, 0.15) is 11.6 Å². The second-order valence-electron chi connectivity index (χ2n) is 11.5. The Bertz CT molecular complexity index is 1170. The average molecular weight is 572 g/mol. The van der Waals surface area contributed by atoms with Gasteiger partial charge >= 0.3 is 0 Å². The van der Waals surface area contributed by atoms with Gasteiger partial charge in [-0.05, 0) is 50.7 Å². The Morgan fingerprint density at radius 2 is 1.95 bits per heavy atom. The minimum absolute atomic E-state index is 0.0688. The van der Waals surface area contributed by atoms with Crippen LogP contribution in [0, 0.1) is 24.7 Å². The molecule has 3 amide bonds. The van der Waals surface area contributed by atoms with Crippen molar-refractivity contribution < 1.29 is 24.2 Å². The van der Waals surface area contributed by atoms with Gasteiger partial charge in [0.15, 0.2) is 0 Å². The molecule has 0 radical (unpaired) electrons. The second-order valence-corrected chi connectivity index (χ2v) is 11.9. The Balaban J connectivity index is 1.86. The third kappa shape index (κ3) is 4.58. The fourth-order valence-electron chi connectivity index (χ4n) is 7.32. The number of carbonyl (C=O) groups excluding carboxylic acids is 3. The highest BCUT2D eigenvalue weighted by molar-refractivity contribution is 6.34. The quantitative estimate of drug-likeness (QED) is 0.383. The number of carbonyl (C=O) groups is 3. The van der Waals surface area contributed by atoms with Crippen LogP contribution < -0.4 is 4.90 Å². The molecule has 6 atom stereocenters. The summed E-state index contributed by atoms with van der Waals surface area (Å²) in [7, 11) is 0. The number of hydrogen-bond donors (Lipinski definition) is 1. The van der Waals surface area contributed by atoms with E-state index in [1.165, 1.54) is 0 Å². The molecule has 0 saturated carbocycles. The van der Waals surface area contributed by atoms with Crippen molar-refractivity contribution in [1.29, 1.82) is 0 Å². The van der Waals surface area contributed by atoms with Gasteiger partial charge in [0.2, 0.25) is 11.8 Å². The zero-order valence-electron chi connectivity index (χ0n) is 24.1. The number of halogens is 1. The lowest BCUT2D eigenvalue weighted by atomic mass is 9.62. The minimum Gasteiger partial charge on any atom is -0.396 e. The van der Waals surface area contributed by atoms with Crippen molar-refractivity contribution in [2.45, 2.75) is 64.2 Å². The van der Waals surface area contributed by atoms with E-state index in [0.29, 0.717) is 36.6 Å². The van der Waals surface area contributed by atoms with Crippen molar-refractivity contribution in [2.24, 2.45) is 17.8 Å². The summed E-state index contributed by atoms with van der Waals surface area (Å²) in [6.07, 6.45) is 4.86. The number of benzene rings is 1. The molecule has 40 heavy (non-hydrogen) atoms. The Morgan fingerprint density at radius 1 is 1.25 bits per heavy atom. The summed E-state index contributed by atoms with van der Waals surface area (Å²) in [5.74, 6) is -2.36. The summed E-state index contributed by atoms with van der Waals surface area (Å²) in [6.45, 7) is 16.6. The van der Waals surface area contributed by atoms with Crippen LogP contribution in [0.3, 0.4) is 0 Å². The smallest absolute Gasteiger partial charge is 0.253 e. The highest BCUT2D eigenvalue weighted by atomic mass is 35.5. The maximum atomic E-state index is 14.7. The lowest BCUT2D eigenvalue weighted by Crippen LogP contribution is -2.57. The number of rotatable bonds is 12. The van der Waals surface area contributed by atoms with Crippen LogP contribution in [0.15, 0.2) is 43.5 Å². The molecule has 3 aliphatic rings. The first-order chi connectivity index (χ1) is 19.0. The molecule has 8 nitrogen and oxygen atoms in total. The maximum absolute atomic E-state index is 14.7. The summed E-state index contributed by atoms with van der Waals surface area (Å²) in [6, 6.07) is 4.46.